The zero-order valence-corrected chi connectivity index (χ0v) is 15.3. The lowest BCUT2D eigenvalue weighted by Crippen LogP contribution is -2.50. The molecular formula is C12H15Cl7. The van der Waals surface area contributed by atoms with Gasteiger partial charge in [0.05, 0.1) is 32.3 Å². The number of rotatable bonds is 1. The first-order chi connectivity index (χ1) is 8.82. The molecule has 0 amide bonds. The van der Waals surface area contributed by atoms with Gasteiger partial charge in [-0.25, -0.2) is 0 Å². The van der Waals surface area contributed by atoms with Gasteiger partial charge in [-0.2, -0.15) is 0 Å². The smallest absolute Gasteiger partial charge is 0.0680 e. The van der Waals surface area contributed by atoms with Crippen LogP contribution >= 0.6 is 81.2 Å². The fraction of sp³-hybridized carbons (Fsp3) is 1.00. The van der Waals surface area contributed by atoms with Gasteiger partial charge in [-0.15, -0.1) is 81.2 Å². The summed E-state index contributed by atoms with van der Waals surface area (Å²) in [6.07, 6.45) is 2.15. The van der Waals surface area contributed by atoms with Gasteiger partial charge < -0.3 is 0 Å². The summed E-state index contributed by atoms with van der Waals surface area (Å²) >= 11 is 44.1. The Morgan fingerprint density at radius 2 is 0.947 bits per heavy atom. The van der Waals surface area contributed by atoms with Gasteiger partial charge in [-0.05, 0) is 31.1 Å². The molecule has 0 nitrogen and oxygen atoms in total. The first-order valence-electron chi connectivity index (χ1n) is 6.31. The molecule has 19 heavy (non-hydrogen) atoms. The van der Waals surface area contributed by atoms with Gasteiger partial charge in [0.25, 0.3) is 0 Å². The van der Waals surface area contributed by atoms with E-state index in [-0.39, 0.29) is 49.5 Å². The lowest BCUT2D eigenvalue weighted by atomic mass is 9.72. The summed E-state index contributed by atoms with van der Waals surface area (Å²) in [7, 11) is 0. The van der Waals surface area contributed by atoms with E-state index in [1.165, 1.54) is 0 Å². The van der Waals surface area contributed by atoms with Crippen molar-refractivity contribution in [2.45, 2.75) is 56.9 Å². The van der Waals surface area contributed by atoms with Crippen molar-refractivity contribution in [1.29, 1.82) is 0 Å². The van der Waals surface area contributed by atoms with Crippen LogP contribution in [0.15, 0.2) is 0 Å². The number of halogens is 7. The molecule has 0 bridgehead atoms. The highest BCUT2D eigenvalue weighted by atomic mass is 35.5. The average molecular weight is 407 g/mol. The predicted molar refractivity (Wildman–Crippen MR) is 88.3 cm³/mol. The minimum Gasteiger partial charge on any atom is -0.123 e. The molecule has 9 atom stereocenters. The summed E-state index contributed by atoms with van der Waals surface area (Å²) in [4.78, 5) is 0. The molecule has 0 aromatic rings. The van der Waals surface area contributed by atoms with Crippen molar-refractivity contribution in [3.8, 4) is 0 Å². The van der Waals surface area contributed by atoms with E-state index in [4.69, 9.17) is 81.2 Å². The van der Waals surface area contributed by atoms with Crippen molar-refractivity contribution in [2.75, 3.05) is 0 Å². The Hall–Kier alpha value is 2.03. The molecule has 0 aromatic heterocycles. The molecule has 0 N–H and O–H groups in total. The molecule has 0 heterocycles. The van der Waals surface area contributed by atoms with Crippen molar-refractivity contribution in [1.82, 2.24) is 0 Å². The Morgan fingerprint density at radius 1 is 0.421 bits per heavy atom. The molecule has 2 aliphatic rings. The van der Waals surface area contributed by atoms with Gasteiger partial charge >= 0.3 is 0 Å². The summed E-state index contributed by atoms with van der Waals surface area (Å²) < 4.78 is 0. The Balaban J connectivity index is 2.12. The Bertz CT molecular complexity index is 312. The van der Waals surface area contributed by atoms with Crippen LogP contribution in [0.5, 0.6) is 0 Å². The Labute approximate surface area is 149 Å². The van der Waals surface area contributed by atoms with Crippen molar-refractivity contribution >= 4 is 81.2 Å². The van der Waals surface area contributed by atoms with E-state index in [9.17, 15) is 0 Å². The monoisotopic (exact) mass is 404 g/mol. The molecule has 9 unspecified atom stereocenters. The molecule has 112 valence electrons. The third kappa shape index (κ3) is 3.69. The van der Waals surface area contributed by atoms with E-state index in [1.807, 2.05) is 0 Å². The molecule has 2 fully saturated rings. The van der Waals surface area contributed by atoms with E-state index in [2.05, 4.69) is 0 Å². The van der Waals surface area contributed by atoms with Crippen LogP contribution < -0.4 is 0 Å². The summed E-state index contributed by atoms with van der Waals surface area (Å²) in [5.41, 5.74) is 0. The van der Waals surface area contributed by atoms with Gasteiger partial charge in [0.1, 0.15) is 0 Å². The van der Waals surface area contributed by atoms with Crippen LogP contribution in [0.2, 0.25) is 0 Å². The first kappa shape index (κ1) is 17.4. The van der Waals surface area contributed by atoms with E-state index in [0.717, 1.165) is 12.8 Å². The van der Waals surface area contributed by atoms with E-state index >= 15 is 0 Å². The standard InChI is InChI=1S/C12H15Cl7/c13-6-3-8(15)7(14)1-4(6)5-2-9(16)11(18)12(19)10(5)17/h4-12H,1-3H2. The average Bonchev–Trinajstić information content (AvgIpc) is 2.36. The Kier molecular flexibility index (Phi) is 6.47. The molecule has 7 heteroatoms. The van der Waals surface area contributed by atoms with Crippen LogP contribution in [0.1, 0.15) is 19.3 Å². The first-order valence-corrected chi connectivity index (χ1v) is 9.37. The normalized spacial score (nSPS) is 56.1. The van der Waals surface area contributed by atoms with Crippen molar-refractivity contribution in [3.05, 3.63) is 0 Å². The van der Waals surface area contributed by atoms with Crippen molar-refractivity contribution < 1.29 is 0 Å². The molecule has 2 saturated carbocycles. The summed E-state index contributed by atoms with van der Waals surface area (Å²) in [5.74, 6) is 0.322. The number of hydrogen-bond donors (Lipinski definition) is 0. The summed E-state index contributed by atoms with van der Waals surface area (Å²) in [6.45, 7) is 0. The van der Waals surface area contributed by atoms with Crippen LogP contribution in [-0.4, -0.2) is 37.6 Å². The lowest BCUT2D eigenvalue weighted by Gasteiger charge is -2.45. The van der Waals surface area contributed by atoms with Crippen LogP contribution in [-0.2, 0) is 0 Å². The fourth-order valence-electron chi connectivity index (χ4n) is 3.08. The topological polar surface area (TPSA) is 0 Å². The van der Waals surface area contributed by atoms with E-state index < -0.39 is 0 Å². The van der Waals surface area contributed by atoms with Crippen molar-refractivity contribution in [2.24, 2.45) is 11.8 Å². The molecule has 0 aromatic carbocycles. The van der Waals surface area contributed by atoms with Crippen LogP contribution in [0.4, 0.5) is 0 Å². The minimum absolute atomic E-state index is 0.0386. The highest BCUT2D eigenvalue weighted by Crippen LogP contribution is 2.47. The largest absolute Gasteiger partial charge is 0.123 e. The zero-order chi connectivity index (χ0) is 14.3. The third-order valence-corrected chi connectivity index (χ3v) is 8.36. The third-order valence-electron chi connectivity index (χ3n) is 4.21. The second-order valence-corrected chi connectivity index (χ2v) is 9.19. The zero-order valence-electron chi connectivity index (χ0n) is 9.96. The summed E-state index contributed by atoms with van der Waals surface area (Å²) in [6, 6.07) is 0. The summed E-state index contributed by atoms with van der Waals surface area (Å²) in [5, 5.41) is -1.29. The second-order valence-electron chi connectivity index (χ2n) is 5.43. The predicted octanol–water partition coefficient (Wildman–Crippen LogP) is 5.67. The fourth-order valence-corrected chi connectivity index (χ4v) is 5.83. The van der Waals surface area contributed by atoms with Crippen LogP contribution in [0.25, 0.3) is 0 Å². The van der Waals surface area contributed by atoms with Gasteiger partial charge in [0, 0.05) is 5.38 Å². The quantitative estimate of drug-likeness (QED) is 0.492. The molecule has 0 radical (unpaired) electrons. The molecule has 2 rings (SSSR count). The van der Waals surface area contributed by atoms with Gasteiger partial charge in [-0.3, -0.25) is 0 Å². The Morgan fingerprint density at radius 3 is 1.58 bits per heavy atom. The molecular weight excluding hydrogens is 392 g/mol. The maximum atomic E-state index is 6.47. The van der Waals surface area contributed by atoms with Crippen LogP contribution in [0.3, 0.4) is 0 Å². The second kappa shape index (κ2) is 7.07. The number of hydrogen-bond acceptors (Lipinski definition) is 0. The molecule has 0 aliphatic heterocycles. The molecule has 0 spiro atoms. The SMILES string of the molecule is ClC1CC(Cl)C(C2CC(Cl)C(Cl)C(Cl)C2Cl)CC1Cl. The highest BCUT2D eigenvalue weighted by molar-refractivity contribution is 6.38. The minimum atomic E-state index is -0.351. The molecule has 2 aliphatic carbocycles. The molecule has 0 saturated heterocycles. The van der Waals surface area contributed by atoms with Crippen molar-refractivity contribution in [3.63, 3.8) is 0 Å². The van der Waals surface area contributed by atoms with E-state index in [1.54, 1.807) is 0 Å². The lowest BCUT2D eigenvalue weighted by molar-refractivity contribution is 0.213. The van der Waals surface area contributed by atoms with Gasteiger partial charge in [0.15, 0.2) is 0 Å². The maximum absolute atomic E-state index is 6.47. The van der Waals surface area contributed by atoms with Gasteiger partial charge in [0.2, 0.25) is 0 Å². The maximum Gasteiger partial charge on any atom is 0.0680 e. The van der Waals surface area contributed by atoms with Crippen LogP contribution in [0, 0.1) is 11.8 Å². The van der Waals surface area contributed by atoms with Gasteiger partial charge in [-0.1, -0.05) is 0 Å². The highest BCUT2D eigenvalue weighted by Gasteiger charge is 2.48. The number of alkyl halides is 7. The van der Waals surface area contributed by atoms with E-state index in [0.29, 0.717) is 6.42 Å².